The summed E-state index contributed by atoms with van der Waals surface area (Å²) < 4.78 is 5.37. The van der Waals surface area contributed by atoms with Crippen molar-refractivity contribution in [3.05, 3.63) is 65.7 Å². The van der Waals surface area contributed by atoms with E-state index in [-0.39, 0.29) is 17.6 Å². The zero-order valence-corrected chi connectivity index (χ0v) is 16.6. The predicted molar refractivity (Wildman–Crippen MR) is 109 cm³/mol. The summed E-state index contributed by atoms with van der Waals surface area (Å²) in [5.74, 6) is 1.15. The van der Waals surface area contributed by atoms with Gasteiger partial charge in [0, 0.05) is 30.6 Å². The Labute approximate surface area is 166 Å². The third-order valence-electron chi connectivity index (χ3n) is 5.40. The summed E-state index contributed by atoms with van der Waals surface area (Å²) in [6.07, 6.45) is 1.61. The highest BCUT2D eigenvalue weighted by Gasteiger charge is 2.27. The van der Waals surface area contributed by atoms with Crippen molar-refractivity contribution in [1.29, 1.82) is 0 Å². The summed E-state index contributed by atoms with van der Waals surface area (Å²) in [7, 11) is 3.46. The Morgan fingerprint density at radius 3 is 2.36 bits per heavy atom. The van der Waals surface area contributed by atoms with E-state index in [0.29, 0.717) is 13.1 Å². The highest BCUT2D eigenvalue weighted by atomic mass is 16.5. The lowest BCUT2D eigenvalue weighted by Crippen LogP contribution is -2.43. The first-order chi connectivity index (χ1) is 13.6. The van der Waals surface area contributed by atoms with Gasteiger partial charge in [0.15, 0.2) is 5.78 Å². The van der Waals surface area contributed by atoms with Gasteiger partial charge in [0.05, 0.1) is 13.7 Å². The van der Waals surface area contributed by atoms with Crippen molar-refractivity contribution in [3.63, 3.8) is 0 Å². The van der Waals surface area contributed by atoms with Gasteiger partial charge < -0.3 is 9.64 Å². The number of methoxy groups -OCH3 is 1. The Kier molecular flexibility index (Phi) is 6.82. The quantitative estimate of drug-likeness (QED) is 0.692. The van der Waals surface area contributed by atoms with Crippen LogP contribution in [0.2, 0.25) is 0 Å². The Morgan fingerprint density at radius 2 is 1.68 bits per heavy atom. The van der Waals surface area contributed by atoms with E-state index in [4.69, 9.17) is 4.74 Å². The van der Waals surface area contributed by atoms with Gasteiger partial charge in [-0.05, 0) is 32.0 Å². The molecule has 1 aliphatic rings. The van der Waals surface area contributed by atoms with Crippen LogP contribution in [-0.2, 0) is 11.3 Å². The molecule has 0 spiro atoms. The van der Waals surface area contributed by atoms with Gasteiger partial charge in [-0.15, -0.1) is 0 Å². The van der Waals surface area contributed by atoms with Crippen LogP contribution >= 0.6 is 0 Å². The molecule has 3 rings (SSSR count). The standard InChI is InChI=1S/C23H28N2O3/c1-24(16-20-10-6-7-11-21(20)28-2)22(26)17-25-14-12-19(13-15-25)23(27)18-8-4-3-5-9-18/h3-11,19H,12-17H2,1-2H3. The molecular weight excluding hydrogens is 352 g/mol. The van der Waals surface area contributed by atoms with E-state index in [0.717, 1.165) is 42.8 Å². The van der Waals surface area contributed by atoms with Gasteiger partial charge >= 0.3 is 0 Å². The number of carbonyl (C=O) groups excluding carboxylic acids is 2. The predicted octanol–water partition coefficient (Wildman–Crippen LogP) is 3.25. The molecule has 5 heteroatoms. The molecule has 1 fully saturated rings. The average molecular weight is 380 g/mol. The third kappa shape index (κ3) is 4.98. The number of nitrogens with zero attached hydrogens (tertiary/aromatic N) is 2. The molecular formula is C23H28N2O3. The summed E-state index contributed by atoms with van der Waals surface area (Å²) in [5, 5.41) is 0. The summed E-state index contributed by atoms with van der Waals surface area (Å²) in [6, 6.07) is 17.2. The molecule has 1 amide bonds. The highest BCUT2D eigenvalue weighted by Crippen LogP contribution is 2.22. The minimum Gasteiger partial charge on any atom is -0.496 e. The zero-order valence-electron chi connectivity index (χ0n) is 16.6. The fourth-order valence-electron chi connectivity index (χ4n) is 3.68. The number of benzene rings is 2. The van der Waals surface area contributed by atoms with E-state index in [1.54, 1.807) is 12.0 Å². The Hall–Kier alpha value is -2.66. The first-order valence-corrected chi connectivity index (χ1v) is 9.76. The number of carbonyl (C=O) groups is 2. The molecule has 0 N–H and O–H groups in total. The van der Waals surface area contributed by atoms with E-state index in [1.807, 2.05) is 61.6 Å². The van der Waals surface area contributed by atoms with Crippen molar-refractivity contribution in [2.75, 3.05) is 33.8 Å². The molecule has 1 saturated heterocycles. The van der Waals surface area contributed by atoms with Gasteiger partial charge in [-0.3, -0.25) is 14.5 Å². The van der Waals surface area contributed by atoms with Crippen LogP contribution in [0.4, 0.5) is 0 Å². The molecule has 0 atom stereocenters. The molecule has 1 heterocycles. The van der Waals surface area contributed by atoms with Crippen LogP contribution in [-0.4, -0.2) is 55.3 Å². The van der Waals surface area contributed by atoms with Crippen LogP contribution in [0.1, 0.15) is 28.8 Å². The maximum Gasteiger partial charge on any atom is 0.236 e. The molecule has 0 saturated carbocycles. The number of hydrogen-bond acceptors (Lipinski definition) is 4. The molecule has 2 aromatic rings. The second kappa shape index (κ2) is 9.51. The Morgan fingerprint density at radius 1 is 1.04 bits per heavy atom. The lowest BCUT2D eigenvalue weighted by molar-refractivity contribution is -0.131. The van der Waals surface area contributed by atoms with E-state index in [2.05, 4.69) is 4.90 Å². The summed E-state index contributed by atoms with van der Waals surface area (Å²) in [6.45, 7) is 2.46. The zero-order chi connectivity index (χ0) is 19.9. The lowest BCUT2D eigenvalue weighted by atomic mass is 9.89. The van der Waals surface area contributed by atoms with Crippen molar-refractivity contribution in [2.45, 2.75) is 19.4 Å². The lowest BCUT2D eigenvalue weighted by Gasteiger charge is -2.32. The first kappa shape index (κ1) is 20.1. The number of para-hydroxylation sites is 1. The van der Waals surface area contributed by atoms with Crippen LogP contribution in [0.25, 0.3) is 0 Å². The maximum absolute atomic E-state index is 12.6. The van der Waals surface area contributed by atoms with E-state index in [9.17, 15) is 9.59 Å². The molecule has 148 valence electrons. The van der Waals surface area contributed by atoms with Crippen molar-refractivity contribution >= 4 is 11.7 Å². The molecule has 2 aromatic carbocycles. The van der Waals surface area contributed by atoms with Crippen LogP contribution in [0.3, 0.4) is 0 Å². The summed E-state index contributed by atoms with van der Waals surface area (Å²) >= 11 is 0. The molecule has 0 bridgehead atoms. The smallest absolute Gasteiger partial charge is 0.236 e. The normalized spacial score (nSPS) is 15.2. The number of ether oxygens (including phenoxy) is 1. The molecule has 1 aliphatic heterocycles. The number of likely N-dealkylation sites (tertiary alicyclic amines) is 1. The summed E-state index contributed by atoms with van der Waals surface area (Å²) in [4.78, 5) is 29.1. The Bertz CT molecular complexity index is 799. The largest absolute Gasteiger partial charge is 0.496 e. The number of hydrogen-bond donors (Lipinski definition) is 0. The number of Topliss-reactive ketones (excluding diaryl/α,β-unsaturated/α-hetero) is 1. The number of piperidine rings is 1. The second-order valence-corrected chi connectivity index (χ2v) is 7.34. The molecule has 0 aromatic heterocycles. The van der Waals surface area contributed by atoms with Crippen molar-refractivity contribution in [3.8, 4) is 5.75 Å². The Balaban J connectivity index is 1.49. The van der Waals surface area contributed by atoms with Gasteiger partial charge in [0.1, 0.15) is 5.75 Å². The van der Waals surface area contributed by atoms with Gasteiger partial charge in [-0.1, -0.05) is 48.5 Å². The van der Waals surface area contributed by atoms with Crippen LogP contribution in [0.5, 0.6) is 5.75 Å². The van der Waals surface area contributed by atoms with Crippen molar-refractivity contribution in [2.24, 2.45) is 5.92 Å². The van der Waals surface area contributed by atoms with Crippen molar-refractivity contribution < 1.29 is 14.3 Å². The van der Waals surface area contributed by atoms with Crippen LogP contribution < -0.4 is 4.74 Å². The number of likely N-dealkylation sites (N-methyl/N-ethyl adjacent to an activating group) is 1. The van der Waals surface area contributed by atoms with Gasteiger partial charge in [0.25, 0.3) is 0 Å². The fourth-order valence-corrected chi connectivity index (χ4v) is 3.68. The van der Waals surface area contributed by atoms with E-state index in [1.165, 1.54) is 0 Å². The highest BCUT2D eigenvalue weighted by molar-refractivity contribution is 5.97. The molecule has 5 nitrogen and oxygen atoms in total. The molecule has 0 radical (unpaired) electrons. The van der Waals surface area contributed by atoms with E-state index >= 15 is 0 Å². The minimum absolute atomic E-state index is 0.0556. The second-order valence-electron chi connectivity index (χ2n) is 7.34. The van der Waals surface area contributed by atoms with Crippen LogP contribution in [0.15, 0.2) is 54.6 Å². The monoisotopic (exact) mass is 380 g/mol. The minimum atomic E-state index is 0.0556. The molecule has 0 unspecified atom stereocenters. The van der Waals surface area contributed by atoms with Gasteiger partial charge in [-0.2, -0.15) is 0 Å². The first-order valence-electron chi connectivity index (χ1n) is 9.76. The average Bonchev–Trinajstić information content (AvgIpc) is 2.74. The van der Waals surface area contributed by atoms with Gasteiger partial charge in [0.2, 0.25) is 5.91 Å². The fraction of sp³-hybridized carbons (Fsp3) is 0.391. The topological polar surface area (TPSA) is 49.9 Å². The number of amides is 1. The van der Waals surface area contributed by atoms with Crippen molar-refractivity contribution in [1.82, 2.24) is 9.80 Å². The number of rotatable bonds is 7. The maximum atomic E-state index is 12.6. The molecule has 28 heavy (non-hydrogen) atoms. The van der Waals surface area contributed by atoms with E-state index < -0.39 is 0 Å². The van der Waals surface area contributed by atoms with Gasteiger partial charge in [-0.25, -0.2) is 0 Å². The SMILES string of the molecule is COc1ccccc1CN(C)C(=O)CN1CCC(C(=O)c2ccccc2)CC1. The molecule has 0 aliphatic carbocycles. The third-order valence-corrected chi connectivity index (χ3v) is 5.40. The number of ketones is 1. The summed E-state index contributed by atoms with van der Waals surface area (Å²) in [5.41, 5.74) is 1.78. The van der Waals surface area contributed by atoms with Crippen LogP contribution in [0, 0.1) is 5.92 Å².